The van der Waals surface area contributed by atoms with Crippen molar-refractivity contribution < 1.29 is 14.1 Å². The van der Waals surface area contributed by atoms with Crippen LogP contribution < -0.4 is 10.2 Å². The Balaban J connectivity index is 1.61. The molecule has 9 nitrogen and oxygen atoms in total. The molecular weight excluding hydrogens is 312 g/mol. The van der Waals surface area contributed by atoms with Crippen molar-refractivity contribution in [3.63, 3.8) is 0 Å². The van der Waals surface area contributed by atoms with Crippen LogP contribution in [0.1, 0.15) is 23.2 Å². The van der Waals surface area contributed by atoms with Gasteiger partial charge >= 0.3 is 0 Å². The second-order valence-corrected chi connectivity index (χ2v) is 5.53. The molecule has 0 bridgehead atoms. The second-order valence-electron chi connectivity index (χ2n) is 5.53. The van der Waals surface area contributed by atoms with Crippen molar-refractivity contribution in [3.05, 3.63) is 29.9 Å². The zero-order valence-electron chi connectivity index (χ0n) is 13.5. The summed E-state index contributed by atoms with van der Waals surface area (Å²) in [6.45, 7) is 6.01. The number of anilines is 2. The predicted molar refractivity (Wildman–Crippen MR) is 85.7 cm³/mol. The number of carbonyl (C=O) groups is 2. The van der Waals surface area contributed by atoms with Crippen molar-refractivity contribution >= 4 is 23.5 Å². The van der Waals surface area contributed by atoms with E-state index in [2.05, 4.69) is 20.4 Å². The van der Waals surface area contributed by atoms with E-state index in [-0.39, 0.29) is 11.6 Å². The van der Waals surface area contributed by atoms with Gasteiger partial charge in [-0.3, -0.25) is 9.59 Å². The Hall–Kier alpha value is -2.97. The van der Waals surface area contributed by atoms with Crippen molar-refractivity contribution in [3.8, 4) is 0 Å². The first-order valence-electron chi connectivity index (χ1n) is 7.60. The molecule has 0 atom stereocenters. The van der Waals surface area contributed by atoms with Crippen LogP contribution in [0.4, 0.5) is 11.6 Å². The van der Waals surface area contributed by atoms with Crippen LogP contribution in [0, 0.1) is 6.92 Å². The third-order valence-corrected chi connectivity index (χ3v) is 3.79. The van der Waals surface area contributed by atoms with Crippen LogP contribution in [0.3, 0.4) is 0 Å². The number of piperazine rings is 1. The maximum absolute atomic E-state index is 12.1. The van der Waals surface area contributed by atoms with Gasteiger partial charge in [0.1, 0.15) is 17.3 Å². The van der Waals surface area contributed by atoms with Gasteiger partial charge in [-0.15, -0.1) is 0 Å². The van der Waals surface area contributed by atoms with Crippen molar-refractivity contribution in [1.82, 2.24) is 20.0 Å². The van der Waals surface area contributed by atoms with Crippen LogP contribution in [-0.2, 0) is 4.79 Å². The summed E-state index contributed by atoms with van der Waals surface area (Å²) in [4.78, 5) is 35.7. The van der Waals surface area contributed by atoms with Gasteiger partial charge in [0, 0.05) is 39.2 Å². The lowest BCUT2D eigenvalue weighted by atomic mass is 10.3. The lowest BCUT2D eigenvalue weighted by Gasteiger charge is -2.34. The van der Waals surface area contributed by atoms with E-state index in [0.717, 1.165) is 0 Å². The molecule has 1 fully saturated rings. The number of aromatic nitrogens is 3. The van der Waals surface area contributed by atoms with Crippen LogP contribution in [-0.4, -0.2) is 58.0 Å². The minimum absolute atomic E-state index is 0.0795. The molecular formula is C15H18N6O3. The molecule has 0 aromatic carbocycles. The summed E-state index contributed by atoms with van der Waals surface area (Å²) >= 11 is 0. The van der Waals surface area contributed by atoms with Gasteiger partial charge in [0.25, 0.3) is 5.91 Å². The average Bonchev–Trinajstić information content (AvgIpc) is 3.00. The normalized spacial score (nSPS) is 14.6. The van der Waals surface area contributed by atoms with Crippen LogP contribution in [0.15, 0.2) is 23.0 Å². The van der Waals surface area contributed by atoms with E-state index < -0.39 is 5.91 Å². The first kappa shape index (κ1) is 15.9. The summed E-state index contributed by atoms with van der Waals surface area (Å²) in [5, 5.41) is 6.29. The van der Waals surface area contributed by atoms with E-state index in [1.807, 2.05) is 4.90 Å². The quantitative estimate of drug-likeness (QED) is 0.883. The summed E-state index contributed by atoms with van der Waals surface area (Å²) in [6, 6.07) is 1.62. The Labute approximate surface area is 138 Å². The molecule has 0 aliphatic carbocycles. The molecule has 0 spiro atoms. The number of aryl methyl sites for hydroxylation is 1. The topological polar surface area (TPSA) is 104 Å². The highest BCUT2D eigenvalue weighted by Gasteiger charge is 2.20. The second kappa shape index (κ2) is 6.65. The number of nitrogens with one attached hydrogen (secondary N) is 1. The lowest BCUT2D eigenvalue weighted by molar-refractivity contribution is -0.129. The monoisotopic (exact) mass is 330 g/mol. The molecule has 2 amide bonds. The van der Waals surface area contributed by atoms with Crippen molar-refractivity contribution in [2.45, 2.75) is 13.8 Å². The molecule has 1 aliphatic rings. The lowest BCUT2D eigenvalue weighted by Crippen LogP contribution is -2.48. The zero-order chi connectivity index (χ0) is 17.1. The Bertz CT molecular complexity index is 734. The van der Waals surface area contributed by atoms with E-state index in [1.54, 1.807) is 31.0 Å². The Kier molecular flexibility index (Phi) is 4.41. The van der Waals surface area contributed by atoms with E-state index in [4.69, 9.17) is 4.52 Å². The largest absolute Gasteiger partial charge is 0.360 e. The highest BCUT2D eigenvalue weighted by Crippen LogP contribution is 2.13. The van der Waals surface area contributed by atoms with E-state index in [0.29, 0.717) is 43.6 Å². The fraction of sp³-hybridized carbons (Fsp3) is 0.400. The molecule has 1 N–H and O–H groups in total. The molecule has 126 valence electrons. The van der Waals surface area contributed by atoms with E-state index in [9.17, 15) is 9.59 Å². The maximum Gasteiger partial charge on any atom is 0.277 e. The molecule has 3 heterocycles. The molecule has 2 aromatic rings. The molecule has 2 aromatic heterocycles. The van der Waals surface area contributed by atoms with Gasteiger partial charge in [0.2, 0.25) is 5.91 Å². The van der Waals surface area contributed by atoms with Crippen molar-refractivity contribution in [1.29, 1.82) is 0 Å². The third-order valence-electron chi connectivity index (χ3n) is 3.79. The molecule has 9 heteroatoms. The minimum atomic E-state index is -0.399. The summed E-state index contributed by atoms with van der Waals surface area (Å²) in [5.74, 6) is 1.31. The SMILES string of the molecule is CC(=O)N1CCN(c2cnc(C(=O)Nc3cc(C)on3)cn2)CC1. The number of hydrogen-bond acceptors (Lipinski definition) is 7. The number of rotatable bonds is 3. The Morgan fingerprint density at radius 1 is 1.17 bits per heavy atom. The number of carbonyl (C=O) groups excluding carboxylic acids is 2. The molecule has 1 saturated heterocycles. The molecule has 24 heavy (non-hydrogen) atoms. The van der Waals surface area contributed by atoms with Crippen LogP contribution in [0.2, 0.25) is 0 Å². The number of hydrogen-bond donors (Lipinski definition) is 1. The molecule has 0 unspecified atom stereocenters. The summed E-state index contributed by atoms with van der Waals surface area (Å²) in [7, 11) is 0. The number of nitrogens with zero attached hydrogens (tertiary/aromatic N) is 5. The van der Waals surface area contributed by atoms with Gasteiger partial charge in [-0.25, -0.2) is 9.97 Å². The van der Waals surface area contributed by atoms with Crippen molar-refractivity contribution in [2.24, 2.45) is 0 Å². The van der Waals surface area contributed by atoms with E-state index in [1.165, 1.54) is 6.20 Å². The maximum atomic E-state index is 12.1. The smallest absolute Gasteiger partial charge is 0.277 e. The summed E-state index contributed by atoms with van der Waals surface area (Å²) < 4.78 is 4.89. The average molecular weight is 330 g/mol. The van der Waals surface area contributed by atoms with Gasteiger partial charge in [-0.2, -0.15) is 0 Å². The van der Waals surface area contributed by atoms with Gasteiger partial charge in [0.15, 0.2) is 5.82 Å². The molecule has 0 radical (unpaired) electrons. The molecule has 1 aliphatic heterocycles. The standard InChI is InChI=1S/C15H18N6O3/c1-10-7-13(19-24-10)18-15(23)12-8-17-14(9-16-12)21-5-3-20(4-6-21)11(2)22/h7-9H,3-6H2,1-2H3,(H,18,19,23). The van der Waals surface area contributed by atoms with Gasteiger partial charge in [-0.05, 0) is 6.92 Å². The Morgan fingerprint density at radius 3 is 2.46 bits per heavy atom. The highest BCUT2D eigenvalue weighted by molar-refractivity contribution is 6.02. The first-order valence-corrected chi connectivity index (χ1v) is 7.60. The summed E-state index contributed by atoms with van der Waals surface area (Å²) in [5.41, 5.74) is 0.196. The zero-order valence-corrected chi connectivity index (χ0v) is 13.5. The predicted octanol–water partition coefficient (Wildman–Crippen LogP) is 0.694. The van der Waals surface area contributed by atoms with Gasteiger partial charge in [0.05, 0.1) is 12.4 Å². The van der Waals surface area contributed by atoms with Crippen LogP contribution >= 0.6 is 0 Å². The van der Waals surface area contributed by atoms with Crippen molar-refractivity contribution in [2.75, 3.05) is 36.4 Å². The summed E-state index contributed by atoms with van der Waals surface area (Å²) in [6.07, 6.45) is 2.99. The first-order chi connectivity index (χ1) is 11.5. The van der Waals surface area contributed by atoms with Gasteiger partial charge < -0.3 is 19.6 Å². The molecule has 3 rings (SSSR count). The number of amides is 2. The molecule has 0 saturated carbocycles. The minimum Gasteiger partial charge on any atom is -0.360 e. The third kappa shape index (κ3) is 3.50. The fourth-order valence-electron chi connectivity index (χ4n) is 2.46. The Morgan fingerprint density at radius 2 is 1.92 bits per heavy atom. The fourth-order valence-corrected chi connectivity index (χ4v) is 2.46. The van der Waals surface area contributed by atoms with Gasteiger partial charge in [-0.1, -0.05) is 5.16 Å². The van der Waals surface area contributed by atoms with E-state index >= 15 is 0 Å². The van der Waals surface area contributed by atoms with Crippen LogP contribution in [0.5, 0.6) is 0 Å². The van der Waals surface area contributed by atoms with Crippen LogP contribution in [0.25, 0.3) is 0 Å². The highest BCUT2D eigenvalue weighted by atomic mass is 16.5.